The fraction of sp³-hybridized carbons (Fsp3) is 0.667. The molecule has 0 radical (unpaired) electrons. The maximum atomic E-state index is 10.5. The van der Waals surface area contributed by atoms with Gasteiger partial charge in [0.25, 0.3) is 0 Å². The number of Topliss-reactive ketones (excluding diaryl/α,β-unsaturated/α-hetero) is 1. The molecule has 3 nitrogen and oxygen atoms in total. The third-order valence-electron chi connectivity index (χ3n) is 1.16. The second-order valence-electron chi connectivity index (χ2n) is 2.29. The molecule has 0 aromatic heterocycles. The smallest absolute Gasteiger partial charge is 0.212 e. The number of carbonyl (C=O) groups is 2. The number of aldehydes is 1. The molecule has 0 saturated heterocycles. The molecule has 0 spiro atoms. The summed E-state index contributed by atoms with van der Waals surface area (Å²) in [4.78, 5) is 20.3. The monoisotopic (exact) mass is 129 g/mol. The van der Waals surface area contributed by atoms with Crippen LogP contribution >= 0.6 is 0 Å². The molecule has 0 aliphatic heterocycles. The van der Waals surface area contributed by atoms with E-state index in [1.165, 1.54) is 0 Å². The molecule has 0 aromatic carbocycles. The van der Waals surface area contributed by atoms with Crippen LogP contribution in [0.3, 0.4) is 0 Å². The van der Waals surface area contributed by atoms with Gasteiger partial charge in [0.2, 0.25) is 5.78 Å². The van der Waals surface area contributed by atoms with E-state index in [-0.39, 0.29) is 12.2 Å². The van der Waals surface area contributed by atoms with Crippen molar-refractivity contribution in [1.29, 1.82) is 0 Å². The summed E-state index contributed by atoms with van der Waals surface area (Å²) in [6, 6.07) is -0.623. The fourth-order valence-corrected chi connectivity index (χ4v) is 0.407. The number of nitrogens with two attached hydrogens (primary N) is 1. The van der Waals surface area contributed by atoms with Gasteiger partial charge < -0.3 is 5.73 Å². The molecule has 9 heavy (non-hydrogen) atoms. The summed E-state index contributed by atoms with van der Waals surface area (Å²) in [6.45, 7) is 3.60. The highest BCUT2D eigenvalue weighted by Crippen LogP contribution is 1.96. The largest absolute Gasteiger partial charge is 0.321 e. The Hall–Kier alpha value is -0.700. The van der Waals surface area contributed by atoms with Gasteiger partial charge in [-0.25, -0.2) is 0 Å². The van der Waals surface area contributed by atoms with E-state index < -0.39 is 11.8 Å². The van der Waals surface area contributed by atoms with Gasteiger partial charge in [0, 0.05) is 0 Å². The van der Waals surface area contributed by atoms with Gasteiger partial charge >= 0.3 is 0 Å². The molecule has 3 heteroatoms. The van der Waals surface area contributed by atoms with Crippen LogP contribution in [0, 0.1) is 5.92 Å². The van der Waals surface area contributed by atoms with Crippen LogP contribution in [-0.2, 0) is 9.59 Å². The van der Waals surface area contributed by atoms with Gasteiger partial charge in [-0.2, -0.15) is 0 Å². The third kappa shape index (κ3) is 2.37. The lowest BCUT2D eigenvalue weighted by molar-refractivity contribution is -0.131. The first-order valence-electron chi connectivity index (χ1n) is 2.84. The van der Waals surface area contributed by atoms with Crippen molar-refractivity contribution in [2.45, 2.75) is 19.9 Å². The Bertz CT molecular complexity index is 120. The van der Waals surface area contributed by atoms with Gasteiger partial charge in [0.05, 0.1) is 6.04 Å². The standard InChI is InChI=1S/C6H11NO2/c1-4(2)6(7)5(9)3-8/h3-4,6H,7H2,1-2H3/t6-/m0/s1. The van der Waals surface area contributed by atoms with Crippen molar-refractivity contribution in [2.24, 2.45) is 11.7 Å². The minimum atomic E-state index is -0.623. The summed E-state index contributed by atoms with van der Waals surface area (Å²) in [5, 5.41) is 0. The van der Waals surface area contributed by atoms with Gasteiger partial charge in [-0.05, 0) is 5.92 Å². The zero-order chi connectivity index (χ0) is 7.44. The van der Waals surface area contributed by atoms with Crippen molar-refractivity contribution >= 4 is 12.1 Å². The lowest BCUT2D eigenvalue weighted by Gasteiger charge is -2.08. The SMILES string of the molecule is CC(C)[C@H](N)C(=O)C=O. The Morgan fingerprint density at radius 3 is 2.11 bits per heavy atom. The minimum absolute atomic E-state index is 0.0442. The van der Waals surface area contributed by atoms with Gasteiger partial charge in [-0.3, -0.25) is 9.59 Å². The maximum Gasteiger partial charge on any atom is 0.212 e. The zero-order valence-corrected chi connectivity index (χ0v) is 5.63. The Labute approximate surface area is 54.2 Å². The summed E-state index contributed by atoms with van der Waals surface area (Å²) in [5.74, 6) is -0.479. The van der Waals surface area contributed by atoms with Crippen LogP contribution in [0.4, 0.5) is 0 Å². The first kappa shape index (κ1) is 8.30. The van der Waals surface area contributed by atoms with E-state index in [4.69, 9.17) is 5.73 Å². The average molecular weight is 129 g/mol. The van der Waals surface area contributed by atoms with Crippen molar-refractivity contribution in [1.82, 2.24) is 0 Å². The number of rotatable bonds is 3. The molecule has 0 fully saturated rings. The lowest BCUT2D eigenvalue weighted by Crippen LogP contribution is -2.36. The molecule has 1 atom stereocenters. The third-order valence-corrected chi connectivity index (χ3v) is 1.16. The zero-order valence-electron chi connectivity index (χ0n) is 5.63. The molecule has 0 saturated carbocycles. The van der Waals surface area contributed by atoms with Gasteiger partial charge in [-0.15, -0.1) is 0 Å². The van der Waals surface area contributed by atoms with Gasteiger partial charge in [0.15, 0.2) is 6.29 Å². The molecule has 0 bridgehead atoms. The quantitative estimate of drug-likeness (QED) is 0.422. The van der Waals surface area contributed by atoms with Crippen LogP contribution < -0.4 is 5.73 Å². The molecule has 0 unspecified atom stereocenters. The molecular weight excluding hydrogens is 118 g/mol. The van der Waals surface area contributed by atoms with E-state index in [2.05, 4.69) is 0 Å². The minimum Gasteiger partial charge on any atom is -0.321 e. The molecule has 0 rings (SSSR count). The average Bonchev–Trinajstić information content (AvgIpc) is 1.84. The van der Waals surface area contributed by atoms with Crippen molar-refractivity contribution in [3.05, 3.63) is 0 Å². The Kier molecular flexibility index (Phi) is 3.09. The summed E-state index contributed by atoms with van der Waals surface area (Å²) < 4.78 is 0. The van der Waals surface area contributed by atoms with Crippen LogP contribution in [-0.4, -0.2) is 18.1 Å². The highest BCUT2D eigenvalue weighted by Gasteiger charge is 2.15. The summed E-state index contributed by atoms with van der Waals surface area (Å²) in [6.07, 6.45) is 0.269. The Morgan fingerprint density at radius 2 is 2.00 bits per heavy atom. The molecule has 0 aromatic rings. The van der Waals surface area contributed by atoms with Gasteiger partial charge in [0.1, 0.15) is 0 Å². The predicted molar refractivity (Wildman–Crippen MR) is 33.9 cm³/mol. The lowest BCUT2D eigenvalue weighted by atomic mass is 10.0. The van der Waals surface area contributed by atoms with Crippen LogP contribution in [0.2, 0.25) is 0 Å². The maximum absolute atomic E-state index is 10.5. The van der Waals surface area contributed by atoms with Gasteiger partial charge in [-0.1, -0.05) is 13.8 Å². The van der Waals surface area contributed by atoms with Crippen molar-refractivity contribution < 1.29 is 9.59 Å². The second-order valence-corrected chi connectivity index (χ2v) is 2.29. The molecular formula is C6H11NO2. The molecule has 0 amide bonds. The number of ketones is 1. The topological polar surface area (TPSA) is 60.2 Å². The number of carbonyl (C=O) groups excluding carboxylic acids is 2. The van der Waals surface area contributed by atoms with E-state index in [1.54, 1.807) is 13.8 Å². The fourth-order valence-electron chi connectivity index (χ4n) is 0.407. The number of hydrogen-bond acceptors (Lipinski definition) is 3. The second kappa shape index (κ2) is 3.35. The predicted octanol–water partition coefficient (Wildman–Crippen LogP) is -0.262. The first-order chi connectivity index (χ1) is 4.09. The van der Waals surface area contributed by atoms with Crippen LogP contribution in [0.15, 0.2) is 0 Å². The van der Waals surface area contributed by atoms with E-state index in [0.29, 0.717) is 0 Å². The Morgan fingerprint density at radius 1 is 1.56 bits per heavy atom. The normalized spacial score (nSPS) is 13.3. The molecule has 0 aliphatic carbocycles. The van der Waals surface area contributed by atoms with E-state index >= 15 is 0 Å². The highest BCUT2D eigenvalue weighted by molar-refractivity contribution is 6.27. The molecule has 52 valence electrons. The van der Waals surface area contributed by atoms with E-state index in [0.717, 1.165) is 0 Å². The number of hydrogen-bond donors (Lipinski definition) is 1. The van der Waals surface area contributed by atoms with Crippen LogP contribution in [0.5, 0.6) is 0 Å². The summed E-state index contributed by atoms with van der Waals surface area (Å²) >= 11 is 0. The molecule has 0 heterocycles. The van der Waals surface area contributed by atoms with Crippen molar-refractivity contribution in [3.63, 3.8) is 0 Å². The van der Waals surface area contributed by atoms with E-state index in [1.807, 2.05) is 0 Å². The van der Waals surface area contributed by atoms with Crippen molar-refractivity contribution in [2.75, 3.05) is 0 Å². The Balaban J connectivity index is 3.87. The first-order valence-corrected chi connectivity index (χ1v) is 2.84. The molecule has 2 N–H and O–H groups in total. The molecule has 0 aliphatic rings. The van der Waals surface area contributed by atoms with Crippen LogP contribution in [0.1, 0.15) is 13.8 Å². The van der Waals surface area contributed by atoms with Crippen molar-refractivity contribution in [3.8, 4) is 0 Å². The van der Waals surface area contributed by atoms with E-state index in [9.17, 15) is 9.59 Å². The highest BCUT2D eigenvalue weighted by atomic mass is 16.2. The summed E-state index contributed by atoms with van der Waals surface area (Å²) in [5.41, 5.74) is 5.29. The summed E-state index contributed by atoms with van der Waals surface area (Å²) in [7, 11) is 0. The van der Waals surface area contributed by atoms with Crippen LogP contribution in [0.25, 0.3) is 0 Å².